The molecule has 4 heteroatoms. The summed E-state index contributed by atoms with van der Waals surface area (Å²) in [7, 11) is 0. The van der Waals surface area contributed by atoms with Crippen molar-refractivity contribution in [2.24, 2.45) is 0 Å². The average Bonchev–Trinajstić information content (AvgIpc) is 3.66. The Hall–Kier alpha value is -7.43. The molecule has 0 fully saturated rings. The summed E-state index contributed by atoms with van der Waals surface area (Å²) in [5.74, 6) is 1.11. The number of aromatic nitrogens is 4. The zero-order valence-corrected chi connectivity index (χ0v) is 29.6. The van der Waals surface area contributed by atoms with Crippen LogP contribution >= 0.6 is 0 Å². The molecular formula is C51H34N4. The fraction of sp³-hybridized carbons (Fsp3) is 0. The maximum atomic E-state index is 9.27. The standard InChI is InChI=1S/C51H34N4/c1-5-15-35(16-6-1)38-25-27-40(28-26-38)50-52-49(39-21-11-4-12-22-39)53-51(54-50)55-47-24-14-13-23-45(47)46-30-29-41(34-48(46)55)44-32-42(36-17-7-2-8-18-36)31-43(33-44)37-19-9-3-10-20-37/h1-34H/i13D,14D,23D,24D. The maximum Gasteiger partial charge on any atom is 0.238 e. The predicted octanol–water partition coefficient (Wildman–Crippen LogP) is 13.0. The normalized spacial score (nSPS) is 12.3. The SMILES string of the molecule is [2H]c1c([2H])c([2H])c2c(c1[2H])c1ccc(-c3cc(-c4ccccc4)cc(-c4ccccc4)c3)cc1n2-c1nc(-c2ccccc2)nc(-c2ccc(-c3ccccc3)cc2)n1. The van der Waals surface area contributed by atoms with Crippen LogP contribution in [0.1, 0.15) is 5.48 Å². The number of fused-ring (bicyclic) bond motifs is 3. The van der Waals surface area contributed by atoms with Gasteiger partial charge >= 0.3 is 0 Å². The van der Waals surface area contributed by atoms with E-state index >= 15 is 0 Å². The first-order chi connectivity index (χ1) is 28.9. The summed E-state index contributed by atoms with van der Waals surface area (Å²) in [6.45, 7) is 0. The van der Waals surface area contributed by atoms with Gasteiger partial charge in [0.1, 0.15) is 0 Å². The molecule has 0 aliphatic rings. The highest BCUT2D eigenvalue weighted by Gasteiger charge is 2.19. The molecule has 0 saturated heterocycles. The zero-order chi connectivity index (χ0) is 40.0. The highest BCUT2D eigenvalue weighted by atomic mass is 15.2. The summed E-state index contributed by atoms with van der Waals surface area (Å²) in [4.78, 5) is 15.1. The second-order valence-corrected chi connectivity index (χ2v) is 13.4. The molecule has 0 bridgehead atoms. The first kappa shape index (κ1) is 28.1. The Morgan fingerprint density at radius 3 is 1.31 bits per heavy atom. The molecule has 10 aromatic rings. The second kappa shape index (κ2) is 13.8. The number of para-hydroxylation sites is 1. The van der Waals surface area contributed by atoms with Crippen LogP contribution in [-0.2, 0) is 0 Å². The number of hydrogen-bond donors (Lipinski definition) is 0. The van der Waals surface area contributed by atoms with Crippen molar-refractivity contribution in [1.29, 1.82) is 0 Å². The van der Waals surface area contributed by atoms with E-state index in [1.54, 1.807) is 4.57 Å². The van der Waals surface area contributed by atoms with Crippen LogP contribution in [0.4, 0.5) is 0 Å². The fourth-order valence-electron chi connectivity index (χ4n) is 7.25. The highest BCUT2D eigenvalue weighted by molar-refractivity contribution is 6.10. The van der Waals surface area contributed by atoms with Gasteiger partial charge in [0.05, 0.1) is 16.5 Å². The van der Waals surface area contributed by atoms with Crippen LogP contribution in [0.2, 0.25) is 0 Å². The third kappa shape index (κ3) is 6.16. The molecule has 0 spiro atoms. The van der Waals surface area contributed by atoms with Crippen molar-refractivity contribution in [3.63, 3.8) is 0 Å². The molecule has 0 amide bonds. The number of hydrogen-bond acceptors (Lipinski definition) is 3. The Morgan fingerprint density at radius 2 is 0.745 bits per heavy atom. The monoisotopic (exact) mass is 706 g/mol. The minimum atomic E-state index is -0.330. The van der Waals surface area contributed by atoms with E-state index in [0.29, 0.717) is 33.5 Å². The van der Waals surface area contributed by atoms with E-state index < -0.39 is 0 Å². The average molecular weight is 707 g/mol. The quantitative estimate of drug-likeness (QED) is 0.166. The lowest BCUT2D eigenvalue weighted by atomic mass is 9.93. The van der Waals surface area contributed by atoms with Gasteiger partial charge in [-0.25, -0.2) is 4.98 Å². The fourth-order valence-corrected chi connectivity index (χ4v) is 7.25. The molecule has 0 atom stereocenters. The molecule has 0 radical (unpaired) electrons. The van der Waals surface area contributed by atoms with E-state index in [-0.39, 0.29) is 30.1 Å². The number of benzene rings is 8. The van der Waals surface area contributed by atoms with Crippen LogP contribution in [0, 0.1) is 0 Å². The lowest BCUT2D eigenvalue weighted by molar-refractivity contribution is 0.953. The first-order valence-corrected chi connectivity index (χ1v) is 18.2. The van der Waals surface area contributed by atoms with Gasteiger partial charge in [-0.2, -0.15) is 9.97 Å². The van der Waals surface area contributed by atoms with E-state index in [0.717, 1.165) is 55.6 Å². The van der Waals surface area contributed by atoms with Crippen molar-refractivity contribution in [3.8, 4) is 73.2 Å². The van der Waals surface area contributed by atoms with Gasteiger partial charge in [-0.1, -0.05) is 176 Å². The molecule has 0 N–H and O–H groups in total. The molecule has 258 valence electrons. The van der Waals surface area contributed by atoms with Crippen molar-refractivity contribution in [1.82, 2.24) is 19.5 Å². The second-order valence-electron chi connectivity index (χ2n) is 13.4. The lowest BCUT2D eigenvalue weighted by Gasteiger charge is -2.13. The topological polar surface area (TPSA) is 43.6 Å². The third-order valence-corrected chi connectivity index (χ3v) is 9.99. The lowest BCUT2D eigenvalue weighted by Crippen LogP contribution is -2.06. The molecule has 4 nitrogen and oxygen atoms in total. The predicted molar refractivity (Wildman–Crippen MR) is 227 cm³/mol. The Labute approximate surface area is 325 Å². The molecule has 0 unspecified atom stereocenters. The van der Waals surface area contributed by atoms with Gasteiger partial charge in [0, 0.05) is 21.9 Å². The van der Waals surface area contributed by atoms with Gasteiger partial charge in [0.25, 0.3) is 0 Å². The zero-order valence-electron chi connectivity index (χ0n) is 33.6. The van der Waals surface area contributed by atoms with Gasteiger partial charge in [0.2, 0.25) is 5.95 Å². The van der Waals surface area contributed by atoms with E-state index in [2.05, 4.69) is 54.6 Å². The van der Waals surface area contributed by atoms with Crippen molar-refractivity contribution < 1.29 is 5.48 Å². The smallest absolute Gasteiger partial charge is 0.238 e. The van der Waals surface area contributed by atoms with Crippen molar-refractivity contribution in [2.75, 3.05) is 0 Å². The van der Waals surface area contributed by atoms with E-state index in [1.807, 2.05) is 127 Å². The van der Waals surface area contributed by atoms with Crippen LogP contribution in [0.25, 0.3) is 95.0 Å². The maximum absolute atomic E-state index is 9.27. The Morgan fingerprint density at radius 1 is 0.327 bits per heavy atom. The molecule has 0 aliphatic carbocycles. The number of nitrogens with zero attached hydrogens (tertiary/aromatic N) is 4. The molecule has 2 heterocycles. The molecule has 0 saturated carbocycles. The minimum absolute atomic E-state index is 0.121. The van der Waals surface area contributed by atoms with Gasteiger partial charge in [-0.3, -0.25) is 4.57 Å². The molecule has 0 aliphatic heterocycles. The summed E-state index contributed by atoms with van der Waals surface area (Å²) in [6.07, 6.45) is 0. The van der Waals surface area contributed by atoms with E-state index in [4.69, 9.17) is 19.1 Å². The Balaban J connectivity index is 1.24. The summed E-state index contributed by atoms with van der Waals surface area (Å²) in [6, 6.07) is 60.2. The van der Waals surface area contributed by atoms with Crippen LogP contribution in [-0.4, -0.2) is 19.5 Å². The molecule has 8 aromatic carbocycles. The summed E-state index contributed by atoms with van der Waals surface area (Å²) in [5.41, 5.74) is 10.8. The van der Waals surface area contributed by atoms with Crippen LogP contribution in [0.3, 0.4) is 0 Å². The Kier molecular flexibility index (Phi) is 7.08. The first-order valence-electron chi connectivity index (χ1n) is 20.2. The van der Waals surface area contributed by atoms with E-state index in [9.17, 15) is 1.37 Å². The van der Waals surface area contributed by atoms with Crippen LogP contribution in [0.15, 0.2) is 206 Å². The largest absolute Gasteiger partial charge is 0.278 e. The van der Waals surface area contributed by atoms with Crippen molar-refractivity contribution >= 4 is 21.8 Å². The summed E-state index contributed by atoms with van der Waals surface area (Å²) >= 11 is 0. The van der Waals surface area contributed by atoms with Crippen LogP contribution < -0.4 is 0 Å². The van der Waals surface area contributed by atoms with Gasteiger partial charge in [0.15, 0.2) is 11.6 Å². The van der Waals surface area contributed by atoms with E-state index in [1.165, 1.54) is 0 Å². The van der Waals surface area contributed by atoms with Crippen LogP contribution in [0.5, 0.6) is 0 Å². The molecule has 55 heavy (non-hydrogen) atoms. The van der Waals surface area contributed by atoms with Gasteiger partial charge in [-0.05, 0) is 74.8 Å². The third-order valence-electron chi connectivity index (χ3n) is 9.99. The van der Waals surface area contributed by atoms with Gasteiger partial charge in [-0.15, -0.1) is 0 Å². The number of rotatable bonds is 7. The molecule has 10 rings (SSSR count). The molecular weight excluding hydrogens is 669 g/mol. The summed E-state index contributed by atoms with van der Waals surface area (Å²) in [5, 5.41) is 1.06. The summed E-state index contributed by atoms with van der Waals surface area (Å²) < 4.78 is 37.6. The minimum Gasteiger partial charge on any atom is -0.278 e. The molecule has 2 aromatic heterocycles. The van der Waals surface area contributed by atoms with Crippen molar-refractivity contribution in [3.05, 3.63) is 206 Å². The van der Waals surface area contributed by atoms with Crippen molar-refractivity contribution in [2.45, 2.75) is 0 Å². The Bertz CT molecular complexity index is 3110. The highest BCUT2D eigenvalue weighted by Crippen LogP contribution is 2.38. The van der Waals surface area contributed by atoms with Gasteiger partial charge < -0.3 is 0 Å².